The van der Waals surface area contributed by atoms with Crippen LogP contribution in [0, 0.1) is 5.41 Å². The third-order valence-corrected chi connectivity index (χ3v) is 6.12. The average Bonchev–Trinajstić information content (AvgIpc) is 3.44. The Morgan fingerprint density at radius 3 is 2.88 bits per heavy atom. The summed E-state index contributed by atoms with van der Waals surface area (Å²) >= 11 is 5.72. The predicted octanol–water partition coefficient (Wildman–Crippen LogP) is 4.10. The van der Waals surface area contributed by atoms with Crippen LogP contribution in [-0.4, -0.2) is 40.5 Å². The van der Waals surface area contributed by atoms with Crippen LogP contribution in [0.1, 0.15) is 63.8 Å². The molecule has 0 aliphatic carbocycles. The summed E-state index contributed by atoms with van der Waals surface area (Å²) in [6.07, 6.45) is 2.78. The molecule has 2 aromatic carbocycles. The number of alkyl halides is 1. The highest BCUT2D eigenvalue weighted by atomic mass is 35.5. The number of aromatic nitrogens is 2. The Morgan fingerprint density at radius 1 is 1.27 bits per heavy atom. The van der Waals surface area contributed by atoms with E-state index in [0.717, 1.165) is 23.9 Å². The standard InChI is InChI=1S/C24H26ClN5O3/c1-33-19-11-5-10-17-21(19)30-22(28-17)18(9-3-2-7-15(26)12-25)29-23(31)16-8-4-6-14-13-27-24(32)20(14)16/h4-6,8,10-11,18,26H,2-3,7,9,12-13H2,1H3,(H,27,32)(H,28,30)(H,29,31)/t18-/m0/s1. The maximum atomic E-state index is 13.3. The van der Waals surface area contributed by atoms with E-state index in [1.807, 2.05) is 24.3 Å². The molecular weight excluding hydrogens is 442 g/mol. The number of aromatic amines is 1. The first-order valence-electron chi connectivity index (χ1n) is 10.9. The fourth-order valence-electron chi connectivity index (χ4n) is 4.09. The van der Waals surface area contributed by atoms with Crippen molar-refractivity contribution in [3.05, 3.63) is 58.9 Å². The van der Waals surface area contributed by atoms with Gasteiger partial charge in [-0.15, -0.1) is 11.6 Å². The molecule has 1 aromatic heterocycles. The second-order valence-electron chi connectivity index (χ2n) is 8.01. The van der Waals surface area contributed by atoms with Gasteiger partial charge in [0.25, 0.3) is 11.8 Å². The van der Waals surface area contributed by atoms with Crippen LogP contribution in [-0.2, 0) is 6.54 Å². The van der Waals surface area contributed by atoms with Gasteiger partial charge < -0.3 is 25.8 Å². The first-order valence-corrected chi connectivity index (χ1v) is 11.4. The molecule has 1 atom stereocenters. The predicted molar refractivity (Wildman–Crippen MR) is 127 cm³/mol. The van der Waals surface area contributed by atoms with Crippen LogP contribution >= 0.6 is 11.6 Å². The van der Waals surface area contributed by atoms with Crippen LogP contribution in [0.2, 0.25) is 0 Å². The van der Waals surface area contributed by atoms with Gasteiger partial charge in [0.2, 0.25) is 0 Å². The molecular formula is C24H26ClN5O3. The number of nitrogens with zero attached hydrogens (tertiary/aromatic N) is 1. The highest BCUT2D eigenvalue weighted by Gasteiger charge is 2.27. The number of carbonyl (C=O) groups excluding carboxylic acids is 2. The van der Waals surface area contributed by atoms with Crippen molar-refractivity contribution < 1.29 is 14.3 Å². The Kier molecular flexibility index (Phi) is 6.93. The number of imidazole rings is 1. The van der Waals surface area contributed by atoms with Gasteiger partial charge in [-0.05, 0) is 43.0 Å². The number of methoxy groups -OCH3 is 1. The monoisotopic (exact) mass is 467 g/mol. The van der Waals surface area contributed by atoms with E-state index in [1.165, 1.54) is 0 Å². The second-order valence-corrected chi connectivity index (χ2v) is 8.28. The highest BCUT2D eigenvalue weighted by Crippen LogP contribution is 2.28. The lowest BCUT2D eigenvalue weighted by Crippen LogP contribution is -2.31. The van der Waals surface area contributed by atoms with E-state index in [1.54, 1.807) is 19.2 Å². The fourth-order valence-corrected chi connectivity index (χ4v) is 4.22. The molecule has 8 nitrogen and oxygen atoms in total. The molecule has 1 aliphatic heterocycles. The molecule has 4 N–H and O–H groups in total. The van der Waals surface area contributed by atoms with Gasteiger partial charge in [0.15, 0.2) is 0 Å². The van der Waals surface area contributed by atoms with Crippen LogP contribution in [0.5, 0.6) is 5.75 Å². The number of carbonyl (C=O) groups is 2. The second kappa shape index (κ2) is 10.0. The van der Waals surface area contributed by atoms with Gasteiger partial charge in [-0.1, -0.05) is 24.6 Å². The molecule has 33 heavy (non-hydrogen) atoms. The van der Waals surface area contributed by atoms with Crippen molar-refractivity contribution in [1.82, 2.24) is 20.6 Å². The lowest BCUT2D eigenvalue weighted by Gasteiger charge is -2.18. The summed E-state index contributed by atoms with van der Waals surface area (Å²) in [5, 5.41) is 13.6. The molecule has 172 valence electrons. The first-order chi connectivity index (χ1) is 16.0. The molecule has 0 radical (unpaired) electrons. The summed E-state index contributed by atoms with van der Waals surface area (Å²) in [4.78, 5) is 33.5. The van der Waals surface area contributed by atoms with E-state index in [0.29, 0.717) is 53.3 Å². The number of ether oxygens (including phenoxy) is 1. The van der Waals surface area contributed by atoms with Crippen LogP contribution in [0.25, 0.3) is 11.0 Å². The minimum atomic E-state index is -0.403. The molecule has 0 spiro atoms. The Morgan fingerprint density at radius 2 is 2.09 bits per heavy atom. The third kappa shape index (κ3) is 4.85. The number of amides is 2. The maximum Gasteiger partial charge on any atom is 0.252 e. The number of halogens is 1. The normalized spacial score (nSPS) is 13.5. The molecule has 2 heterocycles. The summed E-state index contributed by atoms with van der Waals surface area (Å²) in [6, 6.07) is 10.5. The number of fused-ring (bicyclic) bond motifs is 2. The van der Waals surface area contributed by atoms with E-state index in [-0.39, 0.29) is 17.7 Å². The zero-order chi connectivity index (χ0) is 23.4. The molecule has 4 rings (SSSR count). The SMILES string of the molecule is COc1cccc2[nH]c([C@H](CCCCC(=N)CCl)NC(=O)c3cccc4c3C(=O)NC4)nc12. The number of rotatable bonds is 10. The van der Waals surface area contributed by atoms with Crippen LogP contribution < -0.4 is 15.4 Å². The lowest BCUT2D eigenvalue weighted by atomic mass is 10.0. The van der Waals surface area contributed by atoms with Crippen molar-refractivity contribution in [2.24, 2.45) is 0 Å². The zero-order valence-electron chi connectivity index (χ0n) is 18.3. The van der Waals surface area contributed by atoms with Gasteiger partial charge >= 0.3 is 0 Å². The number of H-pyrrole nitrogens is 1. The number of para-hydroxylation sites is 1. The van der Waals surface area contributed by atoms with E-state index in [9.17, 15) is 9.59 Å². The Bertz CT molecular complexity index is 1210. The molecule has 0 fully saturated rings. The Balaban J connectivity index is 1.59. The van der Waals surface area contributed by atoms with Gasteiger partial charge in [0.05, 0.1) is 35.7 Å². The zero-order valence-corrected chi connectivity index (χ0v) is 19.1. The van der Waals surface area contributed by atoms with Gasteiger partial charge in [0.1, 0.15) is 17.1 Å². The molecule has 0 saturated heterocycles. The molecule has 2 amide bonds. The van der Waals surface area contributed by atoms with Crippen LogP contribution in [0.4, 0.5) is 0 Å². The summed E-state index contributed by atoms with van der Waals surface area (Å²) in [6.45, 7) is 0.425. The minimum Gasteiger partial charge on any atom is -0.494 e. The topological polar surface area (TPSA) is 120 Å². The van der Waals surface area contributed by atoms with Gasteiger partial charge in [-0.25, -0.2) is 4.98 Å². The largest absolute Gasteiger partial charge is 0.494 e. The lowest BCUT2D eigenvalue weighted by molar-refractivity contribution is 0.0912. The number of hydrogen-bond acceptors (Lipinski definition) is 5. The van der Waals surface area contributed by atoms with E-state index in [2.05, 4.69) is 15.6 Å². The van der Waals surface area contributed by atoms with Crippen molar-refractivity contribution >= 4 is 40.2 Å². The molecule has 1 aliphatic rings. The smallest absolute Gasteiger partial charge is 0.252 e. The van der Waals surface area contributed by atoms with Crippen molar-refractivity contribution in [3.63, 3.8) is 0 Å². The fraction of sp³-hybridized carbons (Fsp3) is 0.333. The summed E-state index contributed by atoms with van der Waals surface area (Å²) in [5.41, 5.74) is 3.60. The summed E-state index contributed by atoms with van der Waals surface area (Å²) in [7, 11) is 1.59. The number of unbranched alkanes of at least 4 members (excludes halogenated alkanes) is 1. The van der Waals surface area contributed by atoms with Crippen LogP contribution in [0.15, 0.2) is 36.4 Å². The van der Waals surface area contributed by atoms with Gasteiger partial charge in [-0.2, -0.15) is 0 Å². The van der Waals surface area contributed by atoms with E-state index >= 15 is 0 Å². The quantitative estimate of drug-likeness (QED) is 0.204. The Hall–Kier alpha value is -3.39. The molecule has 0 unspecified atom stereocenters. The third-order valence-electron chi connectivity index (χ3n) is 5.79. The Labute approximate surface area is 196 Å². The molecule has 9 heteroatoms. The average molecular weight is 468 g/mol. The van der Waals surface area contributed by atoms with E-state index < -0.39 is 6.04 Å². The molecule has 3 aromatic rings. The van der Waals surface area contributed by atoms with Gasteiger partial charge in [-0.3, -0.25) is 9.59 Å². The molecule has 0 bridgehead atoms. The van der Waals surface area contributed by atoms with E-state index in [4.69, 9.17) is 26.7 Å². The van der Waals surface area contributed by atoms with Crippen molar-refractivity contribution in [3.8, 4) is 5.75 Å². The summed E-state index contributed by atoms with van der Waals surface area (Å²) < 4.78 is 5.42. The molecule has 0 saturated carbocycles. The van der Waals surface area contributed by atoms with Crippen molar-refractivity contribution in [2.45, 2.75) is 38.3 Å². The van der Waals surface area contributed by atoms with Crippen molar-refractivity contribution in [2.75, 3.05) is 13.0 Å². The number of nitrogens with one attached hydrogen (secondary N) is 4. The number of benzene rings is 2. The first kappa shape index (κ1) is 22.8. The van der Waals surface area contributed by atoms with Crippen LogP contribution in [0.3, 0.4) is 0 Å². The number of hydrogen-bond donors (Lipinski definition) is 4. The highest BCUT2D eigenvalue weighted by molar-refractivity contribution is 6.28. The maximum absolute atomic E-state index is 13.3. The minimum absolute atomic E-state index is 0.227. The summed E-state index contributed by atoms with van der Waals surface area (Å²) in [5.74, 6) is 0.931. The van der Waals surface area contributed by atoms with Gasteiger partial charge in [0, 0.05) is 12.3 Å². The van der Waals surface area contributed by atoms with Crippen molar-refractivity contribution in [1.29, 1.82) is 5.41 Å².